The quantitative estimate of drug-likeness (QED) is 0.825. The van der Waals surface area contributed by atoms with Crippen LogP contribution in [-0.4, -0.2) is 16.5 Å². The zero-order valence-corrected chi connectivity index (χ0v) is 10.5. The molecule has 1 N–H and O–H groups in total. The van der Waals surface area contributed by atoms with Crippen LogP contribution < -0.4 is 5.32 Å². The van der Waals surface area contributed by atoms with E-state index in [9.17, 15) is 0 Å². The first-order valence-electron chi connectivity index (χ1n) is 6.33. The Kier molecular flexibility index (Phi) is 3.42. The van der Waals surface area contributed by atoms with E-state index in [0.717, 1.165) is 24.6 Å². The van der Waals surface area contributed by atoms with Gasteiger partial charge in [0, 0.05) is 30.1 Å². The molecule has 0 saturated heterocycles. The van der Waals surface area contributed by atoms with E-state index in [1.165, 1.54) is 18.5 Å². The Labute approximate surface area is 97.7 Å². The Hall–Kier alpha value is -1.12. The lowest BCUT2D eigenvalue weighted by Gasteiger charge is -2.10. The second-order valence-electron chi connectivity index (χ2n) is 4.89. The molecule has 1 aromatic rings. The standard InChI is InChI=1S/C13H21N3/c1-4-7-14-12-8-11(10-5-6-10)15-13(16-12)9(2)3/h8-10H,4-7H2,1-3H3,(H,14,15,16). The van der Waals surface area contributed by atoms with E-state index in [2.05, 4.69) is 42.1 Å². The van der Waals surface area contributed by atoms with Crippen molar-refractivity contribution in [2.75, 3.05) is 11.9 Å². The van der Waals surface area contributed by atoms with Gasteiger partial charge in [-0.2, -0.15) is 0 Å². The topological polar surface area (TPSA) is 37.8 Å². The van der Waals surface area contributed by atoms with E-state index in [-0.39, 0.29) is 0 Å². The van der Waals surface area contributed by atoms with Crippen LogP contribution in [0.2, 0.25) is 0 Å². The van der Waals surface area contributed by atoms with Gasteiger partial charge in [-0.25, -0.2) is 9.97 Å². The van der Waals surface area contributed by atoms with Crippen molar-refractivity contribution in [1.29, 1.82) is 0 Å². The van der Waals surface area contributed by atoms with Crippen LogP contribution >= 0.6 is 0 Å². The number of nitrogens with one attached hydrogen (secondary N) is 1. The van der Waals surface area contributed by atoms with E-state index in [4.69, 9.17) is 0 Å². The van der Waals surface area contributed by atoms with Gasteiger partial charge in [0.1, 0.15) is 11.6 Å². The summed E-state index contributed by atoms with van der Waals surface area (Å²) < 4.78 is 0. The molecule has 3 nitrogen and oxygen atoms in total. The summed E-state index contributed by atoms with van der Waals surface area (Å²) in [6, 6.07) is 2.12. The summed E-state index contributed by atoms with van der Waals surface area (Å²) in [5.74, 6) is 3.08. The highest BCUT2D eigenvalue weighted by molar-refractivity contribution is 5.38. The number of aromatic nitrogens is 2. The molecule has 0 unspecified atom stereocenters. The van der Waals surface area contributed by atoms with E-state index >= 15 is 0 Å². The maximum Gasteiger partial charge on any atom is 0.133 e. The third-order valence-corrected chi connectivity index (χ3v) is 2.83. The molecule has 2 rings (SSSR count). The predicted octanol–water partition coefficient (Wildman–Crippen LogP) is 3.30. The van der Waals surface area contributed by atoms with Gasteiger partial charge in [0.25, 0.3) is 0 Å². The number of anilines is 1. The van der Waals surface area contributed by atoms with E-state index < -0.39 is 0 Å². The smallest absolute Gasteiger partial charge is 0.133 e. The zero-order valence-electron chi connectivity index (χ0n) is 10.5. The van der Waals surface area contributed by atoms with Crippen molar-refractivity contribution in [3.8, 4) is 0 Å². The molecule has 88 valence electrons. The van der Waals surface area contributed by atoms with Crippen molar-refractivity contribution in [3.63, 3.8) is 0 Å². The molecule has 3 heteroatoms. The van der Waals surface area contributed by atoms with Crippen LogP contribution in [0.25, 0.3) is 0 Å². The number of nitrogens with zero attached hydrogens (tertiary/aromatic N) is 2. The fraction of sp³-hybridized carbons (Fsp3) is 0.692. The molecule has 1 heterocycles. The molecule has 0 aromatic carbocycles. The molecule has 1 aromatic heterocycles. The number of rotatable bonds is 5. The largest absolute Gasteiger partial charge is 0.370 e. The SMILES string of the molecule is CCCNc1cc(C2CC2)nc(C(C)C)n1. The van der Waals surface area contributed by atoms with Gasteiger partial charge in [0.05, 0.1) is 0 Å². The summed E-state index contributed by atoms with van der Waals surface area (Å²) in [4.78, 5) is 9.21. The third kappa shape index (κ3) is 2.71. The van der Waals surface area contributed by atoms with Crippen molar-refractivity contribution in [2.45, 2.75) is 51.9 Å². The molecule has 0 aliphatic heterocycles. The molecule has 0 radical (unpaired) electrons. The Morgan fingerprint density at radius 2 is 2.12 bits per heavy atom. The van der Waals surface area contributed by atoms with Crippen molar-refractivity contribution in [3.05, 3.63) is 17.6 Å². The minimum atomic E-state index is 0.404. The first-order chi connectivity index (χ1) is 7.70. The molecule has 16 heavy (non-hydrogen) atoms. The average Bonchev–Trinajstić information content (AvgIpc) is 3.09. The maximum atomic E-state index is 4.65. The first-order valence-corrected chi connectivity index (χ1v) is 6.33. The molecular formula is C13H21N3. The average molecular weight is 219 g/mol. The summed E-state index contributed by atoms with van der Waals surface area (Å²) in [5.41, 5.74) is 1.23. The summed E-state index contributed by atoms with van der Waals surface area (Å²) in [6.45, 7) is 7.45. The Morgan fingerprint density at radius 1 is 1.38 bits per heavy atom. The van der Waals surface area contributed by atoms with E-state index in [1.54, 1.807) is 0 Å². The lowest BCUT2D eigenvalue weighted by molar-refractivity contribution is 0.756. The van der Waals surface area contributed by atoms with Gasteiger partial charge in [-0.3, -0.25) is 0 Å². The number of hydrogen-bond acceptors (Lipinski definition) is 3. The van der Waals surface area contributed by atoms with Gasteiger partial charge in [-0.05, 0) is 19.3 Å². The molecule has 1 fully saturated rings. The maximum absolute atomic E-state index is 4.65. The predicted molar refractivity (Wildman–Crippen MR) is 66.9 cm³/mol. The normalized spacial score (nSPS) is 15.5. The Bertz CT molecular complexity index is 336. The van der Waals surface area contributed by atoms with Crippen molar-refractivity contribution in [2.24, 2.45) is 0 Å². The van der Waals surface area contributed by atoms with Crippen molar-refractivity contribution >= 4 is 5.82 Å². The van der Waals surface area contributed by atoms with Crippen molar-refractivity contribution in [1.82, 2.24) is 9.97 Å². The van der Waals surface area contributed by atoms with Crippen LogP contribution in [-0.2, 0) is 0 Å². The first kappa shape index (κ1) is 11.4. The molecular weight excluding hydrogens is 198 g/mol. The third-order valence-electron chi connectivity index (χ3n) is 2.83. The molecule has 1 saturated carbocycles. The lowest BCUT2D eigenvalue weighted by Crippen LogP contribution is -2.07. The van der Waals surface area contributed by atoms with Crippen LogP contribution in [0, 0.1) is 0 Å². The van der Waals surface area contributed by atoms with Crippen LogP contribution in [0.1, 0.15) is 63.4 Å². The van der Waals surface area contributed by atoms with Gasteiger partial charge >= 0.3 is 0 Å². The Balaban J connectivity index is 2.21. The summed E-state index contributed by atoms with van der Waals surface area (Å²) in [5, 5.41) is 3.36. The molecule has 0 spiro atoms. The van der Waals surface area contributed by atoms with E-state index in [1.807, 2.05) is 0 Å². The molecule has 1 aliphatic rings. The lowest BCUT2D eigenvalue weighted by atomic mass is 10.2. The fourth-order valence-corrected chi connectivity index (χ4v) is 1.68. The van der Waals surface area contributed by atoms with Gasteiger partial charge in [0.15, 0.2) is 0 Å². The van der Waals surface area contributed by atoms with Crippen LogP contribution in [0.5, 0.6) is 0 Å². The summed E-state index contributed by atoms with van der Waals surface area (Å²) in [7, 11) is 0. The van der Waals surface area contributed by atoms with Crippen molar-refractivity contribution < 1.29 is 0 Å². The summed E-state index contributed by atoms with van der Waals surface area (Å²) >= 11 is 0. The van der Waals surface area contributed by atoms with Gasteiger partial charge in [0.2, 0.25) is 0 Å². The minimum Gasteiger partial charge on any atom is -0.370 e. The summed E-state index contributed by atoms with van der Waals surface area (Å²) in [6.07, 6.45) is 3.71. The highest BCUT2D eigenvalue weighted by atomic mass is 15.0. The van der Waals surface area contributed by atoms with Gasteiger partial charge in [-0.1, -0.05) is 20.8 Å². The Morgan fingerprint density at radius 3 is 2.69 bits per heavy atom. The van der Waals surface area contributed by atoms with E-state index in [0.29, 0.717) is 11.8 Å². The fourth-order valence-electron chi connectivity index (χ4n) is 1.68. The van der Waals surface area contributed by atoms with Crippen LogP contribution in [0.4, 0.5) is 5.82 Å². The molecule has 0 bridgehead atoms. The molecule has 0 amide bonds. The highest BCUT2D eigenvalue weighted by Crippen LogP contribution is 2.39. The number of hydrogen-bond donors (Lipinski definition) is 1. The molecule has 0 atom stereocenters. The second-order valence-corrected chi connectivity index (χ2v) is 4.89. The molecule has 1 aliphatic carbocycles. The highest BCUT2D eigenvalue weighted by Gasteiger charge is 2.26. The zero-order chi connectivity index (χ0) is 11.5. The van der Waals surface area contributed by atoms with Crippen LogP contribution in [0.3, 0.4) is 0 Å². The monoisotopic (exact) mass is 219 g/mol. The second kappa shape index (κ2) is 4.81. The van der Waals surface area contributed by atoms with Gasteiger partial charge < -0.3 is 5.32 Å². The van der Waals surface area contributed by atoms with Crippen LogP contribution in [0.15, 0.2) is 6.07 Å². The minimum absolute atomic E-state index is 0.404. The van der Waals surface area contributed by atoms with Gasteiger partial charge in [-0.15, -0.1) is 0 Å².